The van der Waals surface area contributed by atoms with E-state index in [-0.39, 0.29) is 16.8 Å². The van der Waals surface area contributed by atoms with Crippen LogP contribution in [-0.2, 0) is 14.8 Å². The van der Waals surface area contributed by atoms with Gasteiger partial charge in [0.05, 0.1) is 17.9 Å². The third-order valence-corrected chi connectivity index (χ3v) is 5.81. The molecule has 8 heteroatoms. The Balaban J connectivity index is 2.26. The van der Waals surface area contributed by atoms with Crippen molar-refractivity contribution in [1.29, 1.82) is 0 Å². The van der Waals surface area contributed by atoms with Crippen LogP contribution in [-0.4, -0.2) is 27.5 Å². The molecule has 1 amide bonds. The van der Waals surface area contributed by atoms with E-state index < -0.39 is 15.9 Å². The maximum absolute atomic E-state index is 12.8. The molecule has 0 aliphatic rings. The molecule has 4 N–H and O–H groups in total. The largest absolute Gasteiger partial charge is 0.497 e. The van der Waals surface area contributed by atoms with Gasteiger partial charge in [0.25, 0.3) is 10.0 Å². The molecule has 146 valence electrons. The van der Waals surface area contributed by atoms with E-state index >= 15 is 0 Å². The van der Waals surface area contributed by atoms with E-state index in [1.54, 1.807) is 57.2 Å². The summed E-state index contributed by atoms with van der Waals surface area (Å²) in [5.41, 5.74) is 7.12. The monoisotopic (exact) mass is 391 g/mol. The lowest BCUT2D eigenvalue weighted by Crippen LogP contribution is -2.34. The number of ether oxygens (including phenoxy) is 1. The van der Waals surface area contributed by atoms with E-state index in [0.29, 0.717) is 22.7 Å². The molecule has 7 nitrogen and oxygen atoms in total. The first kappa shape index (κ1) is 20.7. The van der Waals surface area contributed by atoms with Crippen molar-refractivity contribution in [3.8, 4) is 5.75 Å². The third kappa shape index (κ3) is 5.21. The summed E-state index contributed by atoms with van der Waals surface area (Å²) in [6.07, 6.45) is 0. The zero-order valence-electron chi connectivity index (χ0n) is 15.8. The van der Waals surface area contributed by atoms with Gasteiger partial charge in [0.15, 0.2) is 0 Å². The predicted molar refractivity (Wildman–Crippen MR) is 106 cm³/mol. The molecule has 2 unspecified atom stereocenters. The molecule has 2 aromatic carbocycles. The van der Waals surface area contributed by atoms with Gasteiger partial charge in [0.1, 0.15) is 5.75 Å². The van der Waals surface area contributed by atoms with Gasteiger partial charge >= 0.3 is 0 Å². The van der Waals surface area contributed by atoms with Gasteiger partial charge in [-0.1, -0.05) is 13.0 Å². The Morgan fingerprint density at radius 3 is 2.22 bits per heavy atom. The molecule has 0 saturated carbocycles. The van der Waals surface area contributed by atoms with Crippen molar-refractivity contribution in [2.75, 3.05) is 17.1 Å². The fourth-order valence-electron chi connectivity index (χ4n) is 2.33. The predicted octanol–water partition coefficient (Wildman–Crippen LogP) is 2.73. The molecule has 0 saturated heterocycles. The van der Waals surface area contributed by atoms with Crippen molar-refractivity contribution in [2.24, 2.45) is 11.7 Å². The number of amides is 1. The van der Waals surface area contributed by atoms with Crippen molar-refractivity contribution in [3.63, 3.8) is 0 Å². The Morgan fingerprint density at radius 2 is 1.67 bits per heavy atom. The van der Waals surface area contributed by atoms with Crippen LogP contribution in [0.1, 0.15) is 19.4 Å². The highest BCUT2D eigenvalue weighted by molar-refractivity contribution is 7.92. The molecule has 0 bridgehead atoms. The number of aryl methyl sites for hydroxylation is 1. The van der Waals surface area contributed by atoms with E-state index in [4.69, 9.17) is 10.5 Å². The van der Waals surface area contributed by atoms with E-state index in [9.17, 15) is 13.2 Å². The summed E-state index contributed by atoms with van der Waals surface area (Å²) in [5.74, 6) is -0.0359. The van der Waals surface area contributed by atoms with Crippen molar-refractivity contribution < 1.29 is 17.9 Å². The van der Waals surface area contributed by atoms with Crippen LogP contribution in [0.5, 0.6) is 5.75 Å². The summed E-state index contributed by atoms with van der Waals surface area (Å²) < 4.78 is 33.2. The van der Waals surface area contributed by atoms with Gasteiger partial charge in [-0.15, -0.1) is 0 Å². The molecule has 0 heterocycles. The number of carbonyl (C=O) groups is 1. The minimum atomic E-state index is -3.83. The highest BCUT2D eigenvalue weighted by Gasteiger charge is 2.20. The second kappa shape index (κ2) is 8.41. The molecule has 0 fully saturated rings. The van der Waals surface area contributed by atoms with Gasteiger partial charge in [-0.05, 0) is 55.8 Å². The van der Waals surface area contributed by atoms with E-state index in [0.717, 1.165) is 0 Å². The number of nitrogens with one attached hydrogen (secondary N) is 2. The number of hydrogen-bond donors (Lipinski definition) is 3. The van der Waals surface area contributed by atoms with Crippen molar-refractivity contribution in [1.82, 2.24) is 0 Å². The van der Waals surface area contributed by atoms with Crippen molar-refractivity contribution in [2.45, 2.75) is 31.7 Å². The highest BCUT2D eigenvalue weighted by Crippen LogP contribution is 2.24. The standard InChI is InChI=1S/C19H25N3O4S/c1-12-5-6-16(21-19(23)13(2)14(3)20)11-18(12)27(24,25)22-15-7-9-17(26-4)10-8-15/h5-11,13-14,22H,20H2,1-4H3,(H,21,23). The fraction of sp³-hybridized carbons (Fsp3) is 0.316. The second-order valence-corrected chi connectivity index (χ2v) is 8.10. The average molecular weight is 391 g/mol. The smallest absolute Gasteiger partial charge is 0.262 e. The van der Waals surface area contributed by atoms with Crippen molar-refractivity contribution in [3.05, 3.63) is 48.0 Å². The van der Waals surface area contributed by atoms with Gasteiger partial charge < -0.3 is 15.8 Å². The minimum Gasteiger partial charge on any atom is -0.497 e. The number of nitrogens with two attached hydrogens (primary N) is 1. The summed E-state index contributed by atoms with van der Waals surface area (Å²) in [4.78, 5) is 12.3. The van der Waals surface area contributed by atoms with Crippen molar-refractivity contribution >= 4 is 27.3 Å². The second-order valence-electron chi connectivity index (χ2n) is 6.45. The lowest BCUT2D eigenvalue weighted by Gasteiger charge is -2.17. The van der Waals surface area contributed by atoms with Crippen LogP contribution >= 0.6 is 0 Å². The Morgan fingerprint density at radius 1 is 1.07 bits per heavy atom. The van der Waals surface area contributed by atoms with Crippen LogP contribution < -0.4 is 20.5 Å². The van der Waals surface area contributed by atoms with Crippen LogP contribution in [0.2, 0.25) is 0 Å². The van der Waals surface area contributed by atoms with E-state index in [2.05, 4.69) is 10.0 Å². The van der Waals surface area contributed by atoms with Crippen LogP contribution in [0.25, 0.3) is 0 Å². The first-order chi connectivity index (χ1) is 12.6. The summed E-state index contributed by atoms with van der Waals surface area (Å²) in [6, 6.07) is 11.0. The number of anilines is 2. The molecule has 0 aliphatic heterocycles. The van der Waals surface area contributed by atoms with E-state index in [1.165, 1.54) is 13.2 Å². The van der Waals surface area contributed by atoms with Gasteiger partial charge in [0.2, 0.25) is 5.91 Å². The minimum absolute atomic E-state index is 0.0876. The Labute approximate surface area is 160 Å². The average Bonchev–Trinajstić information content (AvgIpc) is 2.62. The van der Waals surface area contributed by atoms with Gasteiger partial charge in [-0.2, -0.15) is 0 Å². The van der Waals surface area contributed by atoms with E-state index in [1.807, 2.05) is 0 Å². The molecular weight excluding hydrogens is 366 g/mol. The summed E-state index contributed by atoms with van der Waals surface area (Å²) in [7, 11) is -2.29. The van der Waals surface area contributed by atoms with Gasteiger partial charge in [-0.3, -0.25) is 9.52 Å². The lowest BCUT2D eigenvalue weighted by molar-refractivity contribution is -0.119. The fourth-order valence-corrected chi connectivity index (χ4v) is 3.66. The number of carbonyl (C=O) groups excluding carboxylic acids is 1. The Hall–Kier alpha value is -2.58. The lowest BCUT2D eigenvalue weighted by atomic mass is 10.0. The first-order valence-corrected chi connectivity index (χ1v) is 9.96. The van der Waals surface area contributed by atoms with Crippen LogP contribution in [0, 0.1) is 12.8 Å². The zero-order valence-corrected chi connectivity index (χ0v) is 16.6. The highest BCUT2D eigenvalue weighted by atomic mass is 32.2. The molecule has 0 radical (unpaired) electrons. The van der Waals surface area contributed by atoms with Crippen LogP contribution in [0.3, 0.4) is 0 Å². The topological polar surface area (TPSA) is 111 Å². The normalized spacial score (nSPS) is 13.5. The Bertz CT molecular complexity index is 909. The Kier molecular flexibility index (Phi) is 6.45. The quantitative estimate of drug-likeness (QED) is 0.672. The number of rotatable bonds is 7. The maximum Gasteiger partial charge on any atom is 0.262 e. The number of methoxy groups -OCH3 is 1. The maximum atomic E-state index is 12.8. The van der Waals surface area contributed by atoms with Crippen LogP contribution in [0.15, 0.2) is 47.4 Å². The molecule has 0 spiro atoms. The molecule has 2 aromatic rings. The number of sulfonamides is 1. The SMILES string of the molecule is COc1ccc(NS(=O)(=O)c2cc(NC(=O)C(C)C(C)N)ccc2C)cc1. The number of benzene rings is 2. The molecule has 2 rings (SSSR count). The summed E-state index contributed by atoms with van der Waals surface area (Å²) >= 11 is 0. The third-order valence-electron chi connectivity index (χ3n) is 4.29. The summed E-state index contributed by atoms with van der Waals surface area (Å²) in [6.45, 7) is 5.16. The van der Waals surface area contributed by atoms with Crippen LogP contribution in [0.4, 0.5) is 11.4 Å². The number of hydrogen-bond acceptors (Lipinski definition) is 5. The molecule has 2 atom stereocenters. The zero-order chi connectivity index (χ0) is 20.2. The van der Waals surface area contributed by atoms with Gasteiger partial charge in [-0.25, -0.2) is 8.42 Å². The molecule has 0 aliphatic carbocycles. The molecule has 27 heavy (non-hydrogen) atoms. The van der Waals surface area contributed by atoms with Gasteiger partial charge in [0, 0.05) is 17.4 Å². The molecule has 0 aromatic heterocycles. The first-order valence-electron chi connectivity index (χ1n) is 8.48. The summed E-state index contributed by atoms with van der Waals surface area (Å²) in [5, 5.41) is 2.71. The molecular formula is C19H25N3O4S.